The normalized spacial score (nSPS) is 15.2. The second-order valence-corrected chi connectivity index (χ2v) is 4.92. The summed E-state index contributed by atoms with van der Waals surface area (Å²) in [5.41, 5.74) is 0.213. The molecule has 2 N–H and O–H groups in total. The van der Waals surface area contributed by atoms with Crippen LogP contribution in [-0.4, -0.2) is 37.4 Å². The number of carbonyl (C=O) groups is 1. The molecule has 2 rings (SSSR count). The van der Waals surface area contributed by atoms with E-state index in [2.05, 4.69) is 5.32 Å². The Hall–Kier alpha value is -1.75. The topological polar surface area (TPSA) is 67.8 Å². The SMILES string of the molecule is COc1ccc(O)c(C(=O)NCCOC2CCCC2)c1. The molecule has 5 heteroatoms. The highest BCUT2D eigenvalue weighted by atomic mass is 16.5. The second kappa shape index (κ2) is 7.14. The van der Waals surface area contributed by atoms with Crippen LogP contribution in [0.2, 0.25) is 0 Å². The van der Waals surface area contributed by atoms with Crippen LogP contribution in [0.25, 0.3) is 0 Å². The summed E-state index contributed by atoms with van der Waals surface area (Å²) in [4.78, 5) is 11.9. The van der Waals surface area contributed by atoms with Crippen LogP contribution in [0.5, 0.6) is 11.5 Å². The van der Waals surface area contributed by atoms with Gasteiger partial charge in [0.2, 0.25) is 0 Å². The lowest BCUT2D eigenvalue weighted by Crippen LogP contribution is -2.28. The monoisotopic (exact) mass is 279 g/mol. The lowest BCUT2D eigenvalue weighted by molar-refractivity contribution is 0.0581. The highest BCUT2D eigenvalue weighted by Gasteiger charge is 2.15. The van der Waals surface area contributed by atoms with Gasteiger partial charge in [0.15, 0.2) is 0 Å². The zero-order chi connectivity index (χ0) is 14.4. The van der Waals surface area contributed by atoms with Gasteiger partial charge in [-0.25, -0.2) is 0 Å². The van der Waals surface area contributed by atoms with Gasteiger partial charge in [0, 0.05) is 6.54 Å². The minimum atomic E-state index is -0.323. The van der Waals surface area contributed by atoms with Crippen molar-refractivity contribution in [1.29, 1.82) is 0 Å². The molecule has 110 valence electrons. The summed E-state index contributed by atoms with van der Waals surface area (Å²) in [6.45, 7) is 0.938. The molecule has 0 radical (unpaired) electrons. The predicted molar refractivity (Wildman–Crippen MR) is 75.2 cm³/mol. The lowest BCUT2D eigenvalue weighted by atomic mass is 10.2. The smallest absolute Gasteiger partial charge is 0.255 e. The third-order valence-corrected chi connectivity index (χ3v) is 3.49. The first-order valence-electron chi connectivity index (χ1n) is 6.97. The molecule has 0 aromatic heterocycles. The largest absolute Gasteiger partial charge is 0.507 e. The minimum Gasteiger partial charge on any atom is -0.507 e. The Morgan fingerprint density at radius 2 is 2.15 bits per heavy atom. The lowest BCUT2D eigenvalue weighted by Gasteiger charge is -2.12. The Labute approximate surface area is 118 Å². The highest BCUT2D eigenvalue weighted by molar-refractivity contribution is 5.97. The zero-order valence-corrected chi connectivity index (χ0v) is 11.7. The minimum absolute atomic E-state index is 0.0555. The van der Waals surface area contributed by atoms with Crippen molar-refractivity contribution in [3.63, 3.8) is 0 Å². The van der Waals surface area contributed by atoms with Crippen molar-refractivity contribution in [1.82, 2.24) is 5.32 Å². The number of aromatic hydroxyl groups is 1. The quantitative estimate of drug-likeness (QED) is 0.782. The van der Waals surface area contributed by atoms with E-state index in [1.54, 1.807) is 6.07 Å². The van der Waals surface area contributed by atoms with Gasteiger partial charge >= 0.3 is 0 Å². The van der Waals surface area contributed by atoms with Crippen molar-refractivity contribution in [3.05, 3.63) is 23.8 Å². The number of amides is 1. The average molecular weight is 279 g/mol. The van der Waals surface area contributed by atoms with E-state index in [0.29, 0.717) is 25.0 Å². The van der Waals surface area contributed by atoms with Crippen LogP contribution in [0.15, 0.2) is 18.2 Å². The summed E-state index contributed by atoms with van der Waals surface area (Å²) < 4.78 is 10.7. The van der Waals surface area contributed by atoms with Crippen molar-refractivity contribution < 1.29 is 19.4 Å². The Kier molecular flexibility index (Phi) is 5.24. The Morgan fingerprint density at radius 3 is 2.85 bits per heavy atom. The van der Waals surface area contributed by atoms with Crippen LogP contribution < -0.4 is 10.1 Å². The zero-order valence-electron chi connectivity index (χ0n) is 11.7. The first kappa shape index (κ1) is 14.7. The molecule has 0 spiro atoms. The van der Waals surface area contributed by atoms with Crippen LogP contribution >= 0.6 is 0 Å². The molecule has 0 unspecified atom stereocenters. The van der Waals surface area contributed by atoms with E-state index in [-0.39, 0.29) is 17.2 Å². The Balaban J connectivity index is 1.79. The van der Waals surface area contributed by atoms with Gasteiger partial charge in [-0.3, -0.25) is 4.79 Å². The number of carbonyl (C=O) groups excluding carboxylic acids is 1. The number of ether oxygens (including phenoxy) is 2. The maximum atomic E-state index is 11.9. The number of rotatable bonds is 6. The van der Waals surface area contributed by atoms with Crippen LogP contribution in [0.3, 0.4) is 0 Å². The molecule has 0 saturated heterocycles. The maximum Gasteiger partial charge on any atom is 0.255 e. The molecule has 5 nitrogen and oxygen atoms in total. The van der Waals surface area contributed by atoms with Crippen LogP contribution in [0, 0.1) is 0 Å². The summed E-state index contributed by atoms with van der Waals surface area (Å²) in [5.74, 6) is 0.159. The van der Waals surface area contributed by atoms with E-state index in [4.69, 9.17) is 9.47 Å². The molecule has 1 aromatic carbocycles. The molecule has 1 amide bonds. The second-order valence-electron chi connectivity index (χ2n) is 4.92. The van der Waals surface area contributed by atoms with Crippen molar-refractivity contribution >= 4 is 5.91 Å². The van der Waals surface area contributed by atoms with Gasteiger partial charge in [0.1, 0.15) is 11.5 Å². The number of phenols is 1. The standard InChI is InChI=1S/C15H21NO4/c1-19-12-6-7-14(17)13(10-12)15(18)16-8-9-20-11-4-2-3-5-11/h6-7,10-11,17H,2-5,8-9H2,1H3,(H,16,18). The molecule has 1 aliphatic rings. The molecule has 1 aliphatic carbocycles. The summed E-state index contributed by atoms with van der Waals surface area (Å²) in [6.07, 6.45) is 5.04. The van der Waals surface area contributed by atoms with E-state index in [1.165, 1.54) is 32.1 Å². The Bertz CT molecular complexity index is 455. The molecule has 0 heterocycles. The average Bonchev–Trinajstić information content (AvgIpc) is 2.97. The number of hydrogen-bond donors (Lipinski definition) is 2. The summed E-state index contributed by atoms with van der Waals surface area (Å²) in [5, 5.41) is 12.4. The van der Waals surface area contributed by atoms with Gasteiger partial charge in [-0.15, -0.1) is 0 Å². The molecular formula is C15H21NO4. The van der Waals surface area contributed by atoms with Crippen molar-refractivity contribution in [3.8, 4) is 11.5 Å². The van der Waals surface area contributed by atoms with Gasteiger partial charge in [0.25, 0.3) is 5.91 Å². The van der Waals surface area contributed by atoms with Gasteiger partial charge in [-0.1, -0.05) is 12.8 Å². The van der Waals surface area contributed by atoms with Gasteiger partial charge in [-0.2, -0.15) is 0 Å². The van der Waals surface area contributed by atoms with Gasteiger partial charge in [-0.05, 0) is 31.0 Å². The van der Waals surface area contributed by atoms with E-state index in [9.17, 15) is 9.90 Å². The van der Waals surface area contributed by atoms with Gasteiger partial charge in [0.05, 0.1) is 25.4 Å². The van der Waals surface area contributed by atoms with Crippen molar-refractivity contribution in [2.45, 2.75) is 31.8 Å². The highest BCUT2D eigenvalue weighted by Crippen LogP contribution is 2.23. The van der Waals surface area contributed by atoms with Crippen LogP contribution in [0.1, 0.15) is 36.0 Å². The molecular weight excluding hydrogens is 258 g/mol. The first-order valence-corrected chi connectivity index (χ1v) is 6.97. The maximum absolute atomic E-state index is 11.9. The summed E-state index contributed by atoms with van der Waals surface area (Å²) in [7, 11) is 1.52. The molecule has 0 aliphatic heterocycles. The summed E-state index contributed by atoms with van der Waals surface area (Å²) >= 11 is 0. The number of benzene rings is 1. The Morgan fingerprint density at radius 1 is 1.40 bits per heavy atom. The van der Waals surface area contributed by atoms with Gasteiger partial charge < -0.3 is 19.9 Å². The van der Waals surface area contributed by atoms with Crippen molar-refractivity contribution in [2.24, 2.45) is 0 Å². The fourth-order valence-electron chi connectivity index (χ4n) is 2.36. The number of phenolic OH excluding ortho intramolecular Hbond substituents is 1. The number of nitrogens with one attached hydrogen (secondary N) is 1. The molecule has 0 atom stereocenters. The molecule has 1 aromatic rings. The number of methoxy groups -OCH3 is 1. The fraction of sp³-hybridized carbons (Fsp3) is 0.533. The molecule has 0 bridgehead atoms. The van der Waals surface area contributed by atoms with Crippen LogP contribution in [0.4, 0.5) is 0 Å². The predicted octanol–water partition coefficient (Wildman–Crippen LogP) is 2.09. The number of hydrogen-bond acceptors (Lipinski definition) is 4. The summed E-state index contributed by atoms with van der Waals surface area (Å²) in [6, 6.07) is 4.57. The van der Waals surface area contributed by atoms with E-state index in [1.807, 2.05) is 0 Å². The van der Waals surface area contributed by atoms with E-state index in [0.717, 1.165) is 12.8 Å². The van der Waals surface area contributed by atoms with E-state index < -0.39 is 0 Å². The van der Waals surface area contributed by atoms with Crippen LogP contribution in [-0.2, 0) is 4.74 Å². The third kappa shape index (κ3) is 3.87. The first-order chi connectivity index (χ1) is 9.70. The third-order valence-electron chi connectivity index (χ3n) is 3.49. The molecule has 1 saturated carbocycles. The van der Waals surface area contributed by atoms with Crippen molar-refractivity contribution in [2.75, 3.05) is 20.3 Å². The van der Waals surface area contributed by atoms with E-state index >= 15 is 0 Å². The molecule has 20 heavy (non-hydrogen) atoms. The fourth-order valence-corrected chi connectivity index (χ4v) is 2.36. The molecule has 1 fully saturated rings.